The van der Waals surface area contributed by atoms with Gasteiger partial charge in [-0.05, 0) is 25.5 Å². The van der Waals surface area contributed by atoms with Crippen LogP contribution in [0.15, 0.2) is 54.1 Å². The van der Waals surface area contributed by atoms with Crippen LogP contribution in [0.25, 0.3) is 6.08 Å². The molecule has 18 heavy (non-hydrogen) atoms. The lowest BCUT2D eigenvalue weighted by Crippen LogP contribution is -2.18. The number of aryl methyl sites for hydroxylation is 1. The van der Waals surface area contributed by atoms with Crippen LogP contribution >= 0.6 is 0 Å². The van der Waals surface area contributed by atoms with Gasteiger partial charge in [-0.2, -0.15) is 0 Å². The Kier molecular flexibility index (Phi) is 5.65. The minimum atomic E-state index is -0.0818. The third-order valence-electron chi connectivity index (χ3n) is 2.48. The molecule has 1 rings (SSSR count). The predicted molar refractivity (Wildman–Crippen MR) is 77.2 cm³/mol. The lowest BCUT2D eigenvalue weighted by Gasteiger charge is -1.98. The SMILES string of the molecule is C\C=C/C(=C\C=C\c1ccc(C)cc1)C(=O)NC. The van der Waals surface area contributed by atoms with Crippen molar-refractivity contribution < 1.29 is 4.79 Å². The smallest absolute Gasteiger partial charge is 0.251 e. The summed E-state index contributed by atoms with van der Waals surface area (Å²) < 4.78 is 0. The lowest BCUT2D eigenvalue weighted by atomic mass is 10.1. The van der Waals surface area contributed by atoms with Gasteiger partial charge in [0.15, 0.2) is 0 Å². The van der Waals surface area contributed by atoms with Crippen LogP contribution in [0.1, 0.15) is 18.1 Å². The molecule has 0 aliphatic carbocycles. The van der Waals surface area contributed by atoms with Crippen LogP contribution in [0.2, 0.25) is 0 Å². The van der Waals surface area contributed by atoms with Crippen LogP contribution in [0, 0.1) is 6.92 Å². The molecule has 0 aliphatic heterocycles. The van der Waals surface area contributed by atoms with E-state index in [0.717, 1.165) is 5.56 Å². The summed E-state index contributed by atoms with van der Waals surface area (Å²) >= 11 is 0. The molecule has 1 aromatic rings. The van der Waals surface area contributed by atoms with Gasteiger partial charge in [-0.15, -0.1) is 0 Å². The fourth-order valence-electron chi connectivity index (χ4n) is 1.47. The third-order valence-corrected chi connectivity index (χ3v) is 2.48. The molecule has 0 atom stereocenters. The number of nitrogens with one attached hydrogen (secondary N) is 1. The maximum Gasteiger partial charge on any atom is 0.251 e. The van der Waals surface area contributed by atoms with Crippen molar-refractivity contribution >= 4 is 12.0 Å². The van der Waals surface area contributed by atoms with Gasteiger partial charge in [-0.1, -0.05) is 54.1 Å². The van der Waals surface area contributed by atoms with Gasteiger partial charge in [-0.25, -0.2) is 0 Å². The quantitative estimate of drug-likeness (QED) is 0.636. The Bertz CT molecular complexity index is 478. The van der Waals surface area contributed by atoms with Crippen molar-refractivity contribution in [3.05, 3.63) is 65.3 Å². The average Bonchev–Trinajstić information content (AvgIpc) is 2.39. The zero-order valence-electron chi connectivity index (χ0n) is 11.1. The molecule has 1 aromatic carbocycles. The number of amides is 1. The van der Waals surface area contributed by atoms with Gasteiger partial charge in [0.2, 0.25) is 0 Å². The zero-order chi connectivity index (χ0) is 13.4. The molecule has 0 fully saturated rings. The highest BCUT2D eigenvalue weighted by molar-refractivity contribution is 5.96. The van der Waals surface area contributed by atoms with E-state index in [1.807, 2.05) is 25.2 Å². The minimum Gasteiger partial charge on any atom is -0.355 e. The Labute approximate surface area is 109 Å². The second-order valence-electron chi connectivity index (χ2n) is 3.97. The molecule has 0 saturated carbocycles. The topological polar surface area (TPSA) is 29.1 Å². The average molecular weight is 241 g/mol. The highest BCUT2D eigenvalue weighted by atomic mass is 16.1. The van der Waals surface area contributed by atoms with E-state index >= 15 is 0 Å². The van der Waals surface area contributed by atoms with Gasteiger partial charge < -0.3 is 5.32 Å². The van der Waals surface area contributed by atoms with Crippen LogP contribution in [-0.2, 0) is 4.79 Å². The molecule has 0 saturated heterocycles. The third kappa shape index (κ3) is 4.42. The molecular weight excluding hydrogens is 222 g/mol. The van der Waals surface area contributed by atoms with Crippen molar-refractivity contribution in [2.75, 3.05) is 7.05 Å². The molecule has 0 aliphatic rings. The second kappa shape index (κ2) is 7.28. The molecule has 0 spiro atoms. The molecule has 0 unspecified atom stereocenters. The molecule has 1 N–H and O–H groups in total. The van der Waals surface area contributed by atoms with Gasteiger partial charge in [0.05, 0.1) is 0 Å². The fourth-order valence-corrected chi connectivity index (χ4v) is 1.47. The number of benzene rings is 1. The van der Waals surface area contributed by atoms with E-state index in [2.05, 4.69) is 36.5 Å². The monoisotopic (exact) mass is 241 g/mol. The Hall–Kier alpha value is -2.09. The number of allylic oxidation sites excluding steroid dienone is 3. The van der Waals surface area contributed by atoms with Crippen molar-refractivity contribution in [3.63, 3.8) is 0 Å². The number of likely N-dealkylation sites (N-methyl/N-ethyl adjacent to an activating group) is 1. The Balaban J connectivity index is 2.82. The number of hydrogen-bond donors (Lipinski definition) is 1. The molecule has 0 radical (unpaired) electrons. The van der Waals surface area contributed by atoms with Crippen LogP contribution in [0.3, 0.4) is 0 Å². The summed E-state index contributed by atoms with van der Waals surface area (Å²) in [5, 5.41) is 2.61. The first-order valence-electron chi connectivity index (χ1n) is 5.97. The van der Waals surface area contributed by atoms with Gasteiger partial charge in [0.1, 0.15) is 0 Å². The molecule has 2 nitrogen and oxygen atoms in total. The fraction of sp³-hybridized carbons (Fsp3) is 0.188. The van der Waals surface area contributed by atoms with Crippen molar-refractivity contribution in [1.82, 2.24) is 5.32 Å². The van der Waals surface area contributed by atoms with Crippen molar-refractivity contribution in [2.45, 2.75) is 13.8 Å². The maximum atomic E-state index is 11.5. The predicted octanol–water partition coefficient (Wildman–Crippen LogP) is 3.26. The molecule has 0 bridgehead atoms. The largest absolute Gasteiger partial charge is 0.355 e. The van der Waals surface area contributed by atoms with Crippen LogP contribution in [0.5, 0.6) is 0 Å². The normalized spacial score (nSPS) is 12.3. The standard InChI is InChI=1S/C16H19NO/c1-4-6-15(16(18)17-3)8-5-7-14-11-9-13(2)10-12-14/h4-12H,1-3H3,(H,17,18)/b6-4-,7-5+,15-8+. The van der Waals surface area contributed by atoms with Crippen LogP contribution in [-0.4, -0.2) is 13.0 Å². The molecule has 0 heterocycles. The molecule has 2 heteroatoms. The van der Waals surface area contributed by atoms with E-state index in [-0.39, 0.29) is 5.91 Å². The van der Waals surface area contributed by atoms with E-state index in [0.29, 0.717) is 5.57 Å². The number of carbonyl (C=O) groups excluding carboxylic acids is 1. The van der Waals surface area contributed by atoms with Crippen molar-refractivity contribution in [2.24, 2.45) is 0 Å². The lowest BCUT2D eigenvalue weighted by molar-refractivity contribution is -0.116. The first-order valence-corrected chi connectivity index (χ1v) is 5.97. The van der Waals surface area contributed by atoms with E-state index in [1.54, 1.807) is 19.2 Å². The van der Waals surface area contributed by atoms with Gasteiger partial charge in [0, 0.05) is 12.6 Å². The summed E-state index contributed by atoms with van der Waals surface area (Å²) in [4.78, 5) is 11.5. The molecular formula is C16H19NO. The maximum absolute atomic E-state index is 11.5. The Morgan fingerprint density at radius 2 is 1.89 bits per heavy atom. The molecule has 1 amide bonds. The van der Waals surface area contributed by atoms with E-state index in [1.165, 1.54) is 5.56 Å². The number of rotatable bonds is 4. The number of hydrogen-bond acceptors (Lipinski definition) is 1. The van der Waals surface area contributed by atoms with Crippen molar-refractivity contribution in [1.29, 1.82) is 0 Å². The minimum absolute atomic E-state index is 0.0818. The highest BCUT2D eigenvalue weighted by Crippen LogP contribution is 2.06. The van der Waals surface area contributed by atoms with E-state index < -0.39 is 0 Å². The second-order valence-corrected chi connectivity index (χ2v) is 3.97. The summed E-state index contributed by atoms with van der Waals surface area (Å²) in [6.45, 7) is 3.95. The van der Waals surface area contributed by atoms with E-state index in [9.17, 15) is 4.79 Å². The first-order chi connectivity index (χ1) is 8.67. The summed E-state index contributed by atoms with van der Waals surface area (Å²) in [6, 6.07) is 8.23. The summed E-state index contributed by atoms with van der Waals surface area (Å²) in [5.74, 6) is -0.0818. The Morgan fingerprint density at radius 3 is 2.44 bits per heavy atom. The molecule has 94 valence electrons. The van der Waals surface area contributed by atoms with E-state index in [4.69, 9.17) is 0 Å². The first kappa shape index (κ1) is 14.0. The van der Waals surface area contributed by atoms with Crippen LogP contribution < -0.4 is 5.32 Å². The van der Waals surface area contributed by atoms with Gasteiger partial charge in [0.25, 0.3) is 5.91 Å². The highest BCUT2D eigenvalue weighted by Gasteiger charge is 2.00. The van der Waals surface area contributed by atoms with Crippen LogP contribution in [0.4, 0.5) is 0 Å². The van der Waals surface area contributed by atoms with Gasteiger partial charge in [-0.3, -0.25) is 4.79 Å². The Morgan fingerprint density at radius 1 is 1.22 bits per heavy atom. The summed E-state index contributed by atoms with van der Waals surface area (Å²) in [5.41, 5.74) is 3.00. The zero-order valence-corrected chi connectivity index (χ0v) is 11.1. The molecule has 0 aromatic heterocycles. The summed E-state index contributed by atoms with van der Waals surface area (Å²) in [7, 11) is 1.63. The van der Waals surface area contributed by atoms with Crippen molar-refractivity contribution in [3.8, 4) is 0 Å². The summed E-state index contributed by atoms with van der Waals surface area (Å²) in [6.07, 6.45) is 9.30. The number of carbonyl (C=O) groups is 1. The van der Waals surface area contributed by atoms with Gasteiger partial charge >= 0.3 is 0 Å².